The summed E-state index contributed by atoms with van der Waals surface area (Å²) < 4.78 is 13.2. The van der Waals surface area contributed by atoms with Crippen molar-refractivity contribution in [2.75, 3.05) is 33.4 Å². The summed E-state index contributed by atoms with van der Waals surface area (Å²) in [6.07, 6.45) is 0. The van der Waals surface area contributed by atoms with Crippen LogP contribution in [0.4, 0.5) is 0 Å². The van der Waals surface area contributed by atoms with Crippen molar-refractivity contribution in [3.63, 3.8) is 0 Å². The van der Waals surface area contributed by atoms with Crippen molar-refractivity contribution >= 4 is 27.3 Å². The van der Waals surface area contributed by atoms with E-state index in [4.69, 9.17) is 14.6 Å². The van der Waals surface area contributed by atoms with Crippen LogP contribution in [0.25, 0.3) is 26.6 Å². The van der Waals surface area contributed by atoms with Crippen molar-refractivity contribution in [2.24, 2.45) is 5.10 Å². The van der Waals surface area contributed by atoms with Crippen molar-refractivity contribution in [3.05, 3.63) is 64.4 Å². The predicted octanol–water partition coefficient (Wildman–Crippen LogP) is 3.51. The van der Waals surface area contributed by atoms with Gasteiger partial charge in [-0.1, -0.05) is 23.5 Å². The third-order valence-corrected chi connectivity index (χ3v) is 6.41. The minimum absolute atomic E-state index is 0.176. The van der Waals surface area contributed by atoms with Gasteiger partial charge in [-0.25, -0.2) is 4.98 Å². The number of rotatable bonds is 5. The highest BCUT2D eigenvalue weighted by Crippen LogP contribution is 2.27. The van der Waals surface area contributed by atoms with Crippen LogP contribution in [0, 0.1) is 0 Å². The van der Waals surface area contributed by atoms with Crippen LogP contribution in [0.3, 0.4) is 0 Å². The maximum Gasteiger partial charge on any atom is 0.283 e. The van der Waals surface area contributed by atoms with Crippen LogP contribution >= 0.6 is 11.3 Å². The van der Waals surface area contributed by atoms with E-state index in [1.807, 2.05) is 60.5 Å². The molecule has 2 aromatic heterocycles. The lowest BCUT2D eigenvalue weighted by Crippen LogP contribution is -2.33. The summed E-state index contributed by atoms with van der Waals surface area (Å²) in [4.78, 5) is 18.3. The van der Waals surface area contributed by atoms with E-state index in [0.29, 0.717) is 48.4 Å². The minimum atomic E-state index is -0.176. The molecule has 164 valence electrons. The molecule has 1 aliphatic rings. The van der Waals surface area contributed by atoms with Gasteiger partial charge in [-0.05, 0) is 43.3 Å². The van der Waals surface area contributed by atoms with Crippen molar-refractivity contribution in [3.8, 4) is 22.1 Å². The average Bonchev–Trinajstić information content (AvgIpc) is 3.40. The molecule has 1 aliphatic heterocycles. The summed E-state index contributed by atoms with van der Waals surface area (Å²) in [7, 11) is 1.63. The van der Waals surface area contributed by atoms with Gasteiger partial charge in [0.15, 0.2) is 0 Å². The topological polar surface area (TPSA) is 84.7 Å². The molecule has 2 aromatic carbocycles. The summed E-state index contributed by atoms with van der Waals surface area (Å²) in [5.41, 5.74) is 3.44. The summed E-state index contributed by atoms with van der Waals surface area (Å²) >= 11 is 1.47. The Kier molecular flexibility index (Phi) is 5.50. The van der Waals surface area contributed by atoms with E-state index in [-0.39, 0.29) is 5.56 Å². The number of hydrogen-bond acceptors (Lipinski definition) is 7. The average molecular weight is 450 g/mol. The van der Waals surface area contributed by atoms with Gasteiger partial charge in [-0.15, -0.1) is 0 Å². The molecule has 0 saturated carbocycles. The molecule has 0 spiro atoms. The number of thiazole rings is 1. The first kappa shape index (κ1) is 20.5. The molecule has 0 amide bonds. The molecule has 3 heterocycles. The Morgan fingerprint density at radius 2 is 1.91 bits per heavy atom. The molecular weight excluding hydrogens is 426 g/mol. The van der Waals surface area contributed by atoms with E-state index in [2.05, 4.69) is 10.1 Å². The van der Waals surface area contributed by atoms with Crippen molar-refractivity contribution in [1.82, 2.24) is 19.8 Å². The Labute approximate surface area is 188 Å². The lowest BCUT2D eigenvalue weighted by Gasteiger charge is -2.24. The number of methoxy groups -OCH3 is 1. The summed E-state index contributed by atoms with van der Waals surface area (Å²) in [6, 6.07) is 15.5. The van der Waals surface area contributed by atoms with Crippen LogP contribution in [0.1, 0.15) is 12.5 Å². The van der Waals surface area contributed by atoms with Gasteiger partial charge in [0.05, 0.1) is 60.6 Å². The lowest BCUT2D eigenvalue weighted by atomic mass is 10.1. The van der Waals surface area contributed by atoms with Crippen molar-refractivity contribution in [1.29, 1.82) is 0 Å². The third kappa shape index (κ3) is 3.80. The highest BCUT2D eigenvalue weighted by Gasteiger charge is 2.22. The maximum atomic E-state index is 13.6. The van der Waals surface area contributed by atoms with Crippen LogP contribution < -0.4 is 10.3 Å². The van der Waals surface area contributed by atoms with Crippen LogP contribution in [-0.2, 0) is 4.74 Å². The van der Waals surface area contributed by atoms with Crippen LogP contribution in [-0.4, -0.2) is 58.9 Å². The van der Waals surface area contributed by atoms with E-state index in [1.165, 1.54) is 16.0 Å². The lowest BCUT2D eigenvalue weighted by molar-refractivity contribution is 0.0393. The number of morpholine rings is 1. The zero-order valence-corrected chi connectivity index (χ0v) is 18.7. The van der Waals surface area contributed by atoms with E-state index in [1.54, 1.807) is 7.11 Å². The molecule has 1 N–H and O–H groups in total. The molecule has 4 aromatic rings. The number of hydrogen-bond donors (Lipinski definition) is 1. The van der Waals surface area contributed by atoms with Gasteiger partial charge in [0.2, 0.25) is 5.13 Å². The molecule has 0 bridgehead atoms. The summed E-state index contributed by atoms with van der Waals surface area (Å²) in [6.45, 7) is 4.53. The largest absolute Gasteiger partial charge is 0.497 e. The summed E-state index contributed by atoms with van der Waals surface area (Å²) in [5, 5.41) is 10.6. The molecule has 0 radical (unpaired) electrons. The second-order valence-corrected chi connectivity index (χ2v) is 8.46. The Hall–Kier alpha value is -3.43. The molecule has 0 aliphatic carbocycles. The number of para-hydroxylation sites is 1. The first-order chi connectivity index (χ1) is 15.6. The van der Waals surface area contributed by atoms with Gasteiger partial charge in [0, 0.05) is 5.56 Å². The standard InChI is InChI=1S/C23H23N5O3S/c1-15(25-27-11-13-31-14-12-27)20-21(16-7-9-17(30-2)10-8-16)26-28(22(20)29)23-24-18-5-3-4-6-19(18)32-23/h3-10,26H,11-14H2,1-2H3. The zero-order chi connectivity index (χ0) is 22.1. The smallest absolute Gasteiger partial charge is 0.283 e. The van der Waals surface area contributed by atoms with Crippen LogP contribution in [0.5, 0.6) is 5.75 Å². The molecule has 32 heavy (non-hydrogen) atoms. The van der Waals surface area contributed by atoms with Gasteiger partial charge in [0.25, 0.3) is 5.56 Å². The first-order valence-electron chi connectivity index (χ1n) is 10.4. The highest BCUT2D eigenvalue weighted by atomic mass is 32.1. The number of nitrogens with one attached hydrogen (secondary N) is 1. The molecule has 1 saturated heterocycles. The Morgan fingerprint density at radius 1 is 1.16 bits per heavy atom. The minimum Gasteiger partial charge on any atom is -0.497 e. The normalized spacial score (nSPS) is 14.8. The number of aromatic amines is 1. The van der Waals surface area contributed by atoms with Gasteiger partial charge in [-0.3, -0.25) is 14.9 Å². The van der Waals surface area contributed by atoms with E-state index >= 15 is 0 Å². The highest BCUT2D eigenvalue weighted by molar-refractivity contribution is 7.20. The predicted molar refractivity (Wildman–Crippen MR) is 126 cm³/mol. The SMILES string of the molecule is COc1ccc(-c2[nH]n(-c3nc4ccccc4s3)c(=O)c2C(C)=NN2CCOCC2)cc1. The van der Waals surface area contributed by atoms with Gasteiger partial charge in [0.1, 0.15) is 5.75 Å². The van der Waals surface area contributed by atoms with Gasteiger partial charge in [-0.2, -0.15) is 9.78 Å². The Morgan fingerprint density at radius 3 is 2.62 bits per heavy atom. The van der Waals surface area contributed by atoms with Gasteiger partial charge >= 0.3 is 0 Å². The fraction of sp³-hybridized carbons (Fsp3) is 0.261. The van der Waals surface area contributed by atoms with E-state index < -0.39 is 0 Å². The number of hydrazone groups is 1. The summed E-state index contributed by atoms with van der Waals surface area (Å²) in [5.74, 6) is 0.752. The zero-order valence-electron chi connectivity index (χ0n) is 17.9. The molecule has 1 fully saturated rings. The quantitative estimate of drug-likeness (QED) is 0.472. The number of fused-ring (bicyclic) bond motifs is 1. The first-order valence-corrected chi connectivity index (χ1v) is 11.2. The number of H-pyrrole nitrogens is 1. The van der Waals surface area contributed by atoms with Crippen molar-refractivity contribution < 1.29 is 9.47 Å². The van der Waals surface area contributed by atoms with Gasteiger partial charge < -0.3 is 9.47 Å². The second-order valence-electron chi connectivity index (χ2n) is 7.45. The number of aromatic nitrogens is 3. The Bertz CT molecular complexity index is 1300. The molecule has 5 rings (SSSR count). The molecule has 8 nitrogen and oxygen atoms in total. The molecule has 9 heteroatoms. The number of benzene rings is 2. The number of nitrogens with zero attached hydrogens (tertiary/aromatic N) is 4. The van der Waals surface area contributed by atoms with Crippen LogP contribution in [0.2, 0.25) is 0 Å². The maximum absolute atomic E-state index is 13.6. The van der Waals surface area contributed by atoms with E-state index in [0.717, 1.165) is 21.5 Å². The Balaban J connectivity index is 1.65. The van der Waals surface area contributed by atoms with Crippen LogP contribution in [0.15, 0.2) is 58.4 Å². The van der Waals surface area contributed by atoms with Crippen molar-refractivity contribution in [2.45, 2.75) is 6.92 Å². The second kappa shape index (κ2) is 8.60. The third-order valence-electron chi connectivity index (χ3n) is 5.38. The fourth-order valence-corrected chi connectivity index (χ4v) is 4.67. The molecular formula is C23H23N5O3S. The monoisotopic (exact) mass is 449 g/mol. The fourth-order valence-electron chi connectivity index (χ4n) is 3.75. The molecule has 0 atom stereocenters. The van der Waals surface area contributed by atoms with E-state index in [9.17, 15) is 4.79 Å². The molecule has 0 unspecified atom stereocenters. The number of ether oxygens (including phenoxy) is 2.